The molecule has 2 unspecified atom stereocenters. The molecule has 0 aliphatic carbocycles. The molecule has 0 saturated carbocycles. The topological polar surface area (TPSA) is 42.1 Å². The summed E-state index contributed by atoms with van der Waals surface area (Å²) < 4.78 is 2.03. The zero-order valence-corrected chi connectivity index (χ0v) is 13.7. The third-order valence-electron chi connectivity index (χ3n) is 3.55. The smallest absolute Gasteiger partial charge is 0.0733 e. The van der Waals surface area contributed by atoms with E-state index in [-0.39, 0.29) is 12.1 Å². The fourth-order valence-corrected chi connectivity index (χ4v) is 3.86. The van der Waals surface area contributed by atoms with Crippen LogP contribution in [0, 0.1) is 0 Å². The monoisotopic (exact) mass is 375 g/mol. The summed E-state index contributed by atoms with van der Waals surface area (Å²) in [6.45, 7) is 4.32. The Hall–Kier alpha value is 0.0300. The maximum atomic E-state index is 6.37. The summed E-state index contributed by atoms with van der Waals surface area (Å²) in [6.07, 6.45) is 5.37. The lowest BCUT2D eigenvalue weighted by molar-refractivity contribution is 0.190. The van der Waals surface area contributed by atoms with Crippen LogP contribution in [0.4, 0.5) is 0 Å². The maximum absolute atomic E-state index is 6.37. The van der Waals surface area contributed by atoms with Gasteiger partial charge in [0, 0.05) is 21.2 Å². The molecule has 0 bridgehead atoms. The Morgan fingerprint density at radius 1 is 1.44 bits per heavy atom. The highest BCUT2D eigenvalue weighted by molar-refractivity contribution is 9.11. The Balaban J connectivity index is 2.36. The van der Waals surface area contributed by atoms with Crippen LogP contribution >= 0.6 is 31.9 Å². The lowest BCUT2D eigenvalue weighted by Crippen LogP contribution is -2.40. The summed E-state index contributed by atoms with van der Waals surface area (Å²) in [7, 11) is 0. The van der Waals surface area contributed by atoms with Gasteiger partial charge in [-0.05, 0) is 63.9 Å². The minimum absolute atomic E-state index is 0.164. The van der Waals surface area contributed by atoms with Crippen LogP contribution in [0.1, 0.15) is 37.9 Å². The SMILES string of the molecule is CCN1CCCCC(N)C1c1ncc(Br)cc1Br. The van der Waals surface area contributed by atoms with Gasteiger partial charge in [-0.15, -0.1) is 0 Å². The molecule has 0 spiro atoms. The summed E-state index contributed by atoms with van der Waals surface area (Å²) in [5.41, 5.74) is 7.43. The molecule has 1 fully saturated rings. The van der Waals surface area contributed by atoms with Gasteiger partial charge in [0.1, 0.15) is 0 Å². The summed E-state index contributed by atoms with van der Waals surface area (Å²) in [4.78, 5) is 7.02. The summed E-state index contributed by atoms with van der Waals surface area (Å²) in [5.74, 6) is 0. The first-order valence-corrected chi connectivity index (χ1v) is 8.02. The number of pyridine rings is 1. The number of nitrogens with two attached hydrogens (primary N) is 1. The van der Waals surface area contributed by atoms with Crippen LogP contribution in [0.3, 0.4) is 0 Å². The van der Waals surface area contributed by atoms with Gasteiger partial charge < -0.3 is 5.73 Å². The van der Waals surface area contributed by atoms with Gasteiger partial charge in [-0.1, -0.05) is 13.3 Å². The Morgan fingerprint density at radius 3 is 2.89 bits per heavy atom. The molecule has 18 heavy (non-hydrogen) atoms. The number of halogens is 2. The molecule has 2 heterocycles. The minimum Gasteiger partial charge on any atom is -0.326 e. The van der Waals surface area contributed by atoms with Gasteiger partial charge in [0.25, 0.3) is 0 Å². The number of aromatic nitrogens is 1. The molecule has 0 amide bonds. The van der Waals surface area contributed by atoms with Gasteiger partial charge in [-0.2, -0.15) is 0 Å². The molecule has 1 aliphatic rings. The molecule has 2 N–H and O–H groups in total. The minimum atomic E-state index is 0.164. The molecule has 0 radical (unpaired) electrons. The summed E-state index contributed by atoms with van der Waals surface area (Å²) in [5, 5.41) is 0. The van der Waals surface area contributed by atoms with Crippen molar-refractivity contribution < 1.29 is 0 Å². The van der Waals surface area contributed by atoms with Gasteiger partial charge in [0.2, 0.25) is 0 Å². The zero-order valence-electron chi connectivity index (χ0n) is 10.6. The molecule has 3 nitrogen and oxygen atoms in total. The van der Waals surface area contributed by atoms with Crippen LogP contribution in [-0.2, 0) is 0 Å². The molecule has 1 aromatic heterocycles. The second-order valence-electron chi connectivity index (χ2n) is 4.75. The van der Waals surface area contributed by atoms with Gasteiger partial charge in [-0.3, -0.25) is 9.88 Å². The molecule has 1 aliphatic heterocycles. The fraction of sp³-hybridized carbons (Fsp3) is 0.615. The third-order valence-corrected chi connectivity index (χ3v) is 4.62. The number of likely N-dealkylation sites (tertiary alicyclic amines) is 1. The number of rotatable bonds is 2. The van der Waals surface area contributed by atoms with Crippen molar-refractivity contribution in [3.63, 3.8) is 0 Å². The Bertz CT molecular complexity index is 411. The van der Waals surface area contributed by atoms with E-state index in [9.17, 15) is 0 Å². The normalized spacial score (nSPS) is 26.0. The maximum Gasteiger partial charge on any atom is 0.0733 e. The van der Waals surface area contributed by atoms with Crippen LogP contribution in [0.2, 0.25) is 0 Å². The lowest BCUT2D eigenvalue weighted by atomic mass is 10.0. The van der Waals surface area contributed by atoms with Gasteiger partial charge in [-0.25, -0.2) is 0 Å². The molecule has 1 aromatic rings. The fourth-order valence-electron chi connectivity index (χ4n) is 2.64. The predicted molar refractivity (Wildman–Crippen MR) is 81.5 cm³/mol. The number of nitrogens with zero attached hydrogens (tertiary/aromatic N) is 2. The molecule has 0 aromatic carbocycles. The van der Waals surface area contributed by atoms with Crippen molar-refractivity contribution in [2.45, 2.75) is 38.3 Å². The largest absolute Gasteiger partial charge is 0.326 e. The van der Waals surface area contributed by atoms with Crippen LogP contribution in [-0.4, -0.2) is 29.0 Å². The molecular formula is C13H19Br2N3. The van der Waals surface area contributed by atoms with E-state index in [2.05, 4.69) is 48.7 Å². The van der Waals surface area contributed by atoms with Gasteiger partial charge in [0.05, 0.1) is 11.7 Å². The van der Waals surface area contributed by atoms with Gasteiger partial charge >= 0.3 is 0 Å². The highest BCUT2D eigenvalue weighted by Gasteiger charge is 2.30. The Kier molecular flexibility index (Phi) is 5.18. The van der Waals surface area contributed by atoms with Crippen molar-refractivity contribution in [3.05, 3.63) is 26.9 Å². The van der Waals surface area contributed by atoms with Crippen LogP contribution in [0.15, 0.2) is 21.2 Å². The van der Waals surface area contributed by atoms with Crippen molar-refractivity contribution in [1.82, 2.24) is 9.88 Å². The van der Waals surface area contributed by atoms with Crippen molar-refractivity contribution in [1.29, 1.82) is 0 Å². The number of likely N-dealkylation sites (N-methyl/N-ethyl adjacent to an activating group) is 1. The van der Waals surface area contributed by atoms with Crippen LogP contribution in [0.5, 0.6) is 0 Å². The van der Waals surface area contributed by atoms with Crippen molar-refractivity contribution in [2.24, 2.45) is 5.73 Å². The van der Waals surface area contributed by atoms with E-state index in [0.29, 0.717) is 0 Å². The highest BCUT2D eigenvalue weighted by atomic mass is 79.9. The van der Waals surface area contributed by atoms with E-state index in [1.807, 2.05) is 12.3 Å². The molecule has 2 rings (SSSR count). The predicted octanol–water partition coefficient (Wildman–Crippen LogP) is 3.48. The first-order valence-electron chi connectivity index (χ1n) is 6.44. The zero-order chi connectivity index (χ0) is 13.1. The molecule has 5 heteroatoms. The standard InChI is InChI=1S/C13H19Br2N3/c1-2-18-6-4-3-5-11(16)13(18)12-10(15)7-9(14)8-17-12/h7-8,11,13H,2-6,16H2,1H3. The van der Waals surface area contributed by atoms with Crippen molar-refractivity contribution in [2.75, 3.05) is 13.1 Å². The Labute approximate surface area is 125 Å². The molecule has 2 atom stereocenters. The van der Waals surface area contributed by atoms with Crippen molar-refractivity contribution >= 4 is 31.9 Å². The quantitative estimate of drug-likeness (QED) is 0.858. The summed E-state index contributed by atoms with van der Waals surface area (Å²) >= 11 is 7.06. The average Bonchev–Trinajstić information content (AvgIpc) is 2.51. The highest BCUT2D eigenvalue weighted by Crippen LogP contribution is 2.33. The number of hydrogen-bond donors (Lipinski definition) is 1. The van der Waals surface area contributed by atoms with Gasteiger partial charge in [0.15, 0.2) is 0 Å². The van der Waals surface area contributed by atoms with E-state index >= 15 is 0 Å². The van der Waals surface area contributed by atoms with Crippen LogP contribution in [0.25, 0.3) is 0 Å². The third kappa shape index (κ3) is 3.13. The molecular weight excluding hydrogens is 358 g/mol. The second-order valence-corrected chi connectivity index (χ2v) is 6.52. The van der Waals surface area contributed by atoms with E-state index in [4.69, 9.17) is 5.73 Å². The van der Waals surface area contributed by atoms with E-state index in [0.717, 1.165) is 34.1 Å². The molecule has 1 saturated heterocycles. The average molecular weight is 377 g/mol. The first-order chi connectivity index (χ1) is 8.63. The summed E-state index contributed by atoms with van der Waals surface area (Å²) in [6, 6.07) is 2.44. The van der Waals surface area contributed by atoms with E-state index < -0.39 is 0 Å². The second kappa shape index (κ2) is 6.46. The Morgan fingerprint density at radius 2 is 2.22 bits per heavy atom. The first kappa shape index (κ1) is 14.4. The van der Waals surface area contributed by atoms with E-state index in [1.54, 1.807) is 0 Å². The molecule has 100 valence electrons. The van der Waals surface area contributed by atoms with Crippen LogP contribution < -0.4 is 5.73 Å². The number of hydrogen-bond acceptors (Lipinski definition) is 3. The van der Waals surface area contributed by atoms with Crippen molar-refractivity contribution in [3.8, 4) is 0 Å². The lowest BCUT2D eigenvalue weighted by Gasteiger charge is -2.32. The van der Waals surface area contributed by atoms with E-state index in [1.165, 1.54) is 12.8 Å².